The summed E-state index contributed by atoms with van der Waals surface area (Å²) in [5.74, 6) is -0.0708. The number of aromatic nitrogens is 3. The van der Waals surface area contributed by atoms with Gasteiger partial charge in [0.2, 0.25) is 0 Å². The van der Waals surface area contributed by atoms with Gasteiger partial charge in [0.25, 0.3) is 5.91 Å². The van der Waals surface area contributed by atoms with E-state index < -0.39 is 0 Å². The fraction of sp³-hybridized carbons (Fsp3) is 0.450. The maximum absolute atomic E-state index is 13.0. The highest BCUT2D eigenvalue weighted by molar-refractivity contribution is 5.93. The Balaban J connectivity index is 1.72. The van der Waals surface area contributed by atoms with Crippen LogP contribution in [0.1, 0.15) is 40.6 Å². The van der Waals surface area contributed by atoms with Crippen molar-refractivity contribution in [2.24, 2.45) is 0 Å². The standard InChI is InChI=1S/C20H27N5O/c1-3-14-24(15-11-17-7-5-4-6-8-17)20(26)19-16(2)25(23-22-19)18-9-12-21-13-10-18/h3-8,18,21H,1,9-15H2,2H3. The van der Waals surface area contributed by atoms with Crippen LogP contribution in [0.2, 0.25) is 0 Å². The molecule has 1 amide bonds. The highest BCUT2D eigenvalue weighted by atomic mass is 16.2. The lowest BCUT2D eigenvalue weighted by Crippen LogP contribution is -2.34. The van der Waals surface area contributed by atoms with E-state index in [2.05, 4.69) is 34.3 Å². The summed E-state index contributed by atoms with van der Waals surface area (Å²) < 4.78 is 1.93. The molecule has 0 saturated carbocycles. The maximum atomic E-state index is 13.0. The summed E-state index contributed by atoms with van der Waals surface area (Å²) in [4.78, 5) is 14.8. The molecule has 6 heteroatoms. The summed E-state index contributed by atoms with van der Waals surface area (Å²) in [6.45, 7) is 8.83. The van der Waals surface area contributed by atoms with Gasteiger partial charge in [0.05, 0.1) is 11.7 Å². The molecule has 1 fully saturated rings. The van der Waals surface area contributed by atoms with Gasteiger partial charge in [0.15, 0.2) is 5.69 Å². The molecular formula is C20H27N5O. The van der Waals surface area contributed by atoms with Gasteiger partial charge in [-0.2, -0.15) is 0 Å². The lowest BCUT2D eigenvalue weighted by Gasteiger charge is -2.24. The summed E-state index contributed by atoms with van der Waals surface area (Å²) in [6.07, 6.45) is 4.60. The summed E-state index contributed by atoms with van der Waals surface area (Å²) in [5, 5.41) is 11.9. The van der Waals surface area contributed by atoms with Crippen molar-refractivity contribution >= 4 is 5.91 Å². The quantitative estimate of drug-likeness (QED) is 0.777. The van der Waals surface area contributed by atoms with Crippen molar-refractivity contribution in [3.63, 3.8) is 0 Å². The fourth-order valence-electron chi connectivity index (χ4n) is 3.43. The van der Waals surface area contributed by atoms with Gasteiger partial charge in [-0.05, 0) is 44.8 Å². The van der Waals surface area contributed by atoms with Crippen molar-refractivity contribution in [2.45, 2.75) is 32.2 Å². The molecule has 3 rings (SSSR count). The van der Waals surface area contributed by atoms with Gasteiger partial charge >= 0.3 is 0 Å². The largest absolute Gasteiger partial charge is 0.333 e. The number of nitrogens with one attached hydrogen (secondary N) is 1. The first kappa shape index (κ1) is 18.3. The Morgan fingerprint density at radius 2 is 2.08 bits per heavy atom. The molecule has 1 aliphatic rings. The van der Waals surface area contributed by atoms with Crippen LogP contribution in [0.4, 0.5) is 0 Å². The Labute approximate surface area is 154 Å². The molecule has 0 unspecified atom stereocenters. The Morgan fingerprint density at radius 1 is 1.35 bits per heavy atom. The van der Waals surface area contributed by atoms with Crippen LogP contribution < -0.4 is 5.32 Å². The van der Waals surface area contributed by atoms with Crippen molar-refractivity contribution in [3.8, 4) is 0 Å². The molecule has 6 nitrogen and oxygen atoms in total. The van der Waals surface area contributed by atoms with Gasteiger partial charge in [-0.15, -0.1) is 11.7 Å². The molecule has 2 heterocycles. The van der Waals surface area contributed by atoms with Gasteiger partial charge in [-0.3, -0.25) is 4.79 Å². The zero-order valence-electron chi connectivity index (χ0n) is 15.4. The van der Waals surface area contributed by atoms with E-state index in [0.717, 1.165) is 38.0 Å². The predicted molar refractivity (Wildman–Crippen MR) is 102 cm³/mol. The lowest BCUT2D eigenvalue weighted by atomic mass is 10.1. The van der Waals surface area contributed by atoms with E-state index in [9.17, 15) is 4.79 Å². The molecular weight excluding hydrogens is 326 g/mol. The Hall–Kier alpha value is -2.47. The zero-order chi connectivity index (χ0) is 18.4. The first-order valence-corrected chi connectivity index (χ1v) is 9.27. The molecule has 0 radical (unpaired) electrons. The monoisotopic (exact) mass is 353 g/mol. The summed E-state index contributed by atoms with van der Waals surface area (Å²) in [5.41, 5.74) is 2.53. The molecule has 0 aliphatic carbocycles. The smallest absolute Gasteiger partial charge is 0.276 e. The lowest BCUT2D eigenvalue weighted by molar-refractivity contribution is 0.0769. The average molecular weight is 353 g/mol. The highest BCUT2D eigenvalue weighted by Crippen LogP contribution is 2.21. The van der Waals surface area contributed by atoms with E-state index in [0.29, 0.717) is 24.8 Å². The molecule has 0 atom stereocenters. The van der Waals surface area contributed by atoms with Gasteiger partial charge in [-0.25, -0.2) is 4.68 Å². The molecule has 0 spiro atoms. The molecule has 1 aromatic carbocycles. The molecule has 1 N–H and O–H groups in total. The number of hydrogen-bond donors (Lipinski definition) is 1. The second-order valence-electron chi connectivity index (χ2n) is 6.72. The van der Waals surface area contributed by atoms with Crippen LogP contribution in [-0.2, 0) is 6.42 Å². The first-order valence-electron chi connectivity index (χ1n) is 9.27. The van der Waals surface area contributed by atoms with Gasteiger partial charge in [0, 0.05) is 13.1 Å². The first-order chi connectivity index (χ1) is 12.7. The average Bonchev–Trinajstić information content (AvgIpc) is 3.07. The molecule has 1 saturated heterocycles. The van der Waals surface area contributed by atoms with E-state index in [1.165, 1.54) is 5.56 Å². The minimum atomic E-state index is -0.0708. The van der Waals surface area contributed by atoms with E-state index in [-0.39, 0.29) is 5.91 Å². The van der Waals surface area contributed by atoms with Crippen LogP contribution in [-0.4, -0.2) is 52.0 Å². The normalized spacial score (nSPS) is 15.0. The highest BCUT2D eigenvalue weighted by Gasteiger charge is 2.25. The second-order valence-corrected chi connectivity index (χ2v) is 6.72. The van der Waals surface area contributed by atoms with Gasteiger partial charge in [0.1, 0.15) is 0 Å². The topological polar surface area (TPSA) is 63.1 Å². The van der Waals surface area contributed by atoms with E-state index >= 15 is 0 Å². The van der Waals surface area contributed by atoms with Crippen LogP contribution in [0.3, 0.4) is 0 Å². The van der Waals surface area contributed by atoms with Crippen molar-refractivity contribution < 1.29 is 4.79 Å². The molecule has 1 aromatic heterocycles. The van der Waals surface area contributed by atoms with Crippen molar-refractivity contribution in [3.05, 3.63) is 59.9 Å². The Morgan fingerprint density at radius 3 is 2.77 bits per heavy atom. The number of amides is 1. The summed E-state index contributed by atoms with van der Waals surface area (Å²) in [6, 6.07) is 10.5. The summed E-state index contributed by atoms with van der Waals surface area (Å²) in [7, 11) is 0. The van der Waals surface area contributed by atoms with Crippen LogP contribution >= 0.6 is 0 Å². The molecule has 26 heavy (non-hydrogen) atoms. The predicted octanol–water partition coefficient (Wildman–Crippen LogP) is 2.38. The number of carbonyl (C=O) groups is 1. The number of piperidine rings is 1. The Kier molecular flexibility index (Phi) is 6.17. The van der Waals surface area contributed by atoms with E-state index in [1.54, 1.807) is 11.0 Å². The zero-order valence-corrected chi connectivity index (χ0v) is 15.4. The fourth-order valence-corrected chi connectivity index (χ4v) is 3.43. The third-order valence-corrected chi connectivity index (χ3v) is 4.93. The van der Waals surface area contributed by atoms with Crippen molar-refractivity contribution in [1.29, 1.82) is 0 Å². The molecule has 138 valence electrons. The van der Waals surface area contributed by atoms with Gasteiger partial charge in [-0.1, -0.05) is 41.6 Å². The Bertz CT molecular complexity index is 734. The molecule has 0 bridgehead atoms. The summed E-state index contributed by atoms with van der Waals surface area (Å²) >= 11 is 0. The molecule has 2 aromatic rings. The minimum Gasteiger partial charge on any atom is -0.333 e. The number of carbonyl (C=O) groups excluding carboxylic acids is 1. The molecule has 1 aliphatic heterocycles. The van der Waals surface area contributed by atoms with Crippen LogP contribution in [0.5, 0.6) is 0 Å². The SMILES string of the molecule is C=CCN(CCc1ccccc1)C(=O)c1nnn(C2CCNCC2)c1C. The van der Waals surface area contributed by atoms with Crippen molar-refractivity contribution in [1.82, 2.24) is 25.2 Å². The van der Waals surface area contributed by atoms with E-state index in [4.69, 9.17) is 0 Å². The van der Waals surface area contributed by atoms with Crippen LogP contribution in [0, 0.1) is 6.92 Å². The number of benzene rings is 1. The third kappa shape index (κ3) is 4.19. The second kappa shape index (κ2) is 8.76. The maximum Gasteiger partial charge on any atom is 0.276 e. The van der Waals surface area contributed by atoms with E-state index in [1.807, 2.05) is 29.8 Å². The van der Waals surface area contributed by atoms with Crippen molar-refractivity contribution in [2.75, 3.05) is 26.2 Å². The number of nitrogens with zero attached hydrogens (tertiary/aromatic N) is 4. The van der Waals surface area contributed by atoms with Gasteiger partial charge < -0.3 is 10.2 Å². The number of rotatable bonds is 7. The van der Waals surface area contributed by atoms with Crippen LogP contribution in [0.15, 0.2) is 43.0 Å². The van der Waals surface area contributed by atoms with Crippen LogP contribution in [0.25, 0.3) is 0 Å². The third-order valence-electron chi connectivity index (χ3n) is 4.93. The minimum absolute atomic E-state index is 0.0708. The number of hydrogen-bond acceptors (Lipinski definition) is 4.